The number of para-hydroxylation sites is 1. The van der Waals surface area contributed by atoms with E-state index < -0.39 is 17.6 Å². The van der Waals surface area contributed by atoms with Crippen LogP contribution in [0.3, 0.4) is 0 Å². The van der Waals surface area contributed by atoms with Crippen LogP contribution in [0.5, 0.6) is 5.75 Å². The Labute approximate surface area is 146 Å². The molecule has 0 atom stereocenters. The molecule has 1 aliphatic rings. The summed E-state index contributed by atoms with van der Waals surface area (Å²) in [5, 5.41) is 2.26. The number of carbonyl (C=O) groups excluding carboxylic acids is 1. The van der Waals surface area contributed by atoms with Gasteiger partial charge in [0.1, 0.15) is 11.3 Å². The minimum atomic E-state index is -4.44. The Morgan fingerprint density at radius 2 is 1.92 bits per heavy atom. The molecule has 1 fully saturated rings. The van der Waals surface area contributed by atoms with Crippen molar-refractivity contribution in [1.82, 2.24) is 10.2 Å². The number of amides is 1. The second-order valence-corrected chi connectivity index (χ2v) is 6.65. The number of nitrogens with zero attached hydrogens (tertiary/aromatic N) is 1. The van der Waals surface area contributed by atoms with Crippen molar-refractivity contribution in [2.24, 2.45) is 0 Å². The van der Waals surface area contributed by atoms with Gasteiger partial charge in [-0.1, -0.05) is 18.2 Å². The molecule has 1 aliphatic heterocycles. The van der Waals surface area contributed by atoms with E-state index in [9.17, 15) is 18.0 Å². The monoisotopic (exact) mass is 358 g/mol. The number of halogens is 3. The van der Waals surface area contributed by atoms with Gasteiger partial charge in [0.05, 0.1) is 6.61 Å². The Morgan fingerprint density at radius 1 is 1.28 bits per heavy atom. The molecule has 1 N–H and O–H groups in total. The molecule has 0 unspecified atom stereocenters. The number of hydrogen-bond donors (Lipinski definition) is 1. The number of likely N-dealkylation sites (tertiary alicyclic amines) is 1. The van der Waals surface area contributed by atoms with Crippen molar-refractivity contribution in [3.05, 3.63) is 29.8 Å². The molecule has 0 radical (unpaired) electrons. The van der Waals surface area contributed by atoms with Gasteiger partial charge in [-0.3, -0.25) is 4.79 Å². The van der Waals surface area contributed by atoms with Crippen molar-refractivity contribution in [2.45, 2.75) is 44.3 Å². The van der Waals surface area contributed by atoms with E-state index in [2.05, 4.69) is 5.32 Å². The molecule has 1 saturated heterocycles. The number of ether oxygens (including phenoxy) is 1. The lowest BCUT2D eigenvalue weighted by Gasteiger charge is -2.42. The molecule has 0 aromatic heterocycles. The maximum Gasteiger partial charge on any atom is 0.411 e. The summed E-state index contributed by atoms with van der Waals surface area (Å²) < 4.78 is 46.0. The zero-order valence-corrected chi connectivity index (χ0v) is 14.7. The van der Waals surface area contributed by atoms with Gasteiger partial charge in [0.2, 0.25) is 5.91 Å². The quantitative estimate of drug-likeness (QED) is 0.794. The molecule has 2 rings (SSSR count). The molecule has 1 amide bonds. The predicted octanol–water partition coefficient (Wildman–Crippen LogP) is 3.30. The molecule has 1 heterocycles. The van der Waals surface area contributed by atoms with Gasteiger partial charge in [-0.25, -0.2) is 0 Å². The highest BCUT2D eigenvalue weighted by Gasteiger charge is 2.56. The number of rotatable bonds is 6. The van der Waals surface area contributed by atoms with E-state index in [0.29, 0.717) is 26.1 Å². The van der Waals surface area contributed by atoms with Gasteiger partial charge >= 0.3 is 6.18 Å². The van der Waals surface area contributed by atoms with E-state index >= 15 is 0 Å². The molecule has 0 spiro atoms. The van der Waals surface area contributed by atoms with E-state index in [0.717, 1.165) is 11.3 Å². The lowest BCUT2D eigenvalue weighted by atomic mass is 9.86. The topological polar surface area (TPSA) is 41.6 Å². The lowest BCUT2D eigenvalue weighted by Crippen LogP contribution is -2.63. The van der Waals surface area contributed by atoms with Crippen LogP contribution in [0, 0.1) is 6.92 Å². The number of nitrogens with one attached hydrogen (secondary N) is 1. The van der Waals surface area contributed by atoms with E-state index in [1.807, 2.05) is 36.1 Å². The van der Waals surface area contributed by atoms with Crippen LogP contribution in [0.4, 0.5) is 13.2 Å². The number of hydrogen-bond acceptors (Lipinski definition) is 3. The number of aryl methyl sites for hydroxylation is 1. The first-order valence-electron chi connectivity index (χ1n) is 8.48. The fourth-order valence-corrected chi connectivity index (χ4v) is 2.94. The minimum Gasteiger partial charge on any atom is -0.493 e. The summed E-state index contributed by atoms with van der Waals surface area (Å²) in [4.78, 5) is 13.9. The van der Waals surface area contributed by atoms with Gasteiger partial charge in [-0.05, 0) is 44.9 Å². The van der Waals surface area contributed by atoms with E-state index in [4.69, 9.17) is 4.74 Å². The highest BCUT2D eigenvalue weighted by Crippen LogP contribution is 2.38. The summed E-state index contributed by atoms with van der Waals surface area (Å²) in [5.74, 6) is 0.153. The Kier molecular flexibility index (Phi) is 6.32. The average molecular weight is 358 g/mol. The van der Waals surface area contributed by atoms with Crippen molar-refractivity contribution in [3.63, 3.8) is 0 Å². The summed E-state index contributed by atoms with van der Waals surface area (Å²) in [7, 11) is 1.78. The second kappa shape index (κ2) is 8.08. The van der Waals surface area contributed by atoms with E-state index in [1.165, 1.54) is 0 Å². The first-order valence-corrected chi connectivity index (χ1v) is 8.48. The van der Waals surface area contributed by atoms with Crippen LogP contribution in [0.2, 0.25) is 0 Å². The molecule has 0 bridgehead atoms. The number of benzene rings is 1. The van der Waals surface area contributed by atoms with Crippen molar-refractivity contribution < 1.29 is 22.7 Å². The van der Waals surface area contributed by atoms with Gasteiger partial charge in [-0.2, -0.15) is 13.2 Å². The highest BCUT2D eigenvalue weighted by atomic mass is 19.4. The van der Waals surface area contributed by atoms with Crippen molar-refractivity contribution in [3.8, 4) is 5.75 Å². The molecule has 4 nitrogen and oxygen atoms in total. The van der Waals surface area contributed by atoms with Crippen molar-refractivity contribution >= 4 is 5.91 Å². The minimum absolute atomic E-state index is 0.0134. The number of piperidine rings is 1. The van der Waals surface area contributed by atoms with Gasteiger partial charge in [-0.15, -0.1) is 0 Å². The Hall–Kier alpha value is -1.76. The summed E-state index contributed by atoms with van der Waals surface area (Å²) in [6.45, 7) is 2.83. The SMILES string of the molecule is Cc1ccccc1OCCCC(=O)NC1(C(F)(F)F)CCN(C)CC1. The zero-order valence-electron chi connectivity index (χ0n) is 14.7. The lowest BCUT2D eigenvalue weighted by molar-refractivity contribution is -0.209. The second-order valence-electron chi connectivity index (χ2n) is 6.65. The van der Waals surface area contributed by atoms with Crippen LogP contribution in [-0.4, -0.2) is 49.3 Å². The summed E-state index contributed by atoms with van der Waals surface area (Å²) in [6.07, 6.45) is -4.29. The first-order chi connectivity index (χ1) is 11.7. The first kappa shape index (κ1) is 19.6. The average Bonchev–Trinajstić information content (AvgIpc) is 2.54. The van der Waals surface area contributed by atoms with Crippen LogP contribution >= 0.6 is 0 Å². The molecular weight excluding hydrogens is 333 g/mol. The highest BCUT2D eigenvalue weighted by molar-refractivity contribution is 5.77. The molecule has 0 saturated carbocycles. The van der Waals surface area contributed by atoms with Gasteiger partial charge in [0.15, 0.2) is 0 Å². The summed E-state index contributed by atoms with van der Waals surface area (Å²) in [5.41, 5.74) is -1.12. The van der Waals surface area contributed by atoms with E-state index in [-0.39, 0.29) is 19.3 Å². The maximum atomic E-state index is 13.5. The predicted molar refractivity (Wildman–Crippen MR) is 89.6 cm³/mol. The summed E-state index contributed by atoms with van der Waals surface area (Å²) >= 11 is 0. The van der Waals surface area contributed by atoms with Gasteiger partial charge in [0, 0.05) is 19.5 Å². The number of carbonyl (C=O) groups is 1. The molecule has 25 heavy (non-hydrogen) atoms. The molecular formula is C18H25F3N2O2. The molecule has 1 aromatic carbocycles. The summed E-state index contributed by atoms with van der Waals surface area (Å²) in [6, 6.07) is 7.48. The van der Waals surface area contributed by atoms with Crippen LogP contribution in [0.1, 0.15) is 31.2 Å². The maximum absolute atomic E-state index is 13.5. The third-order valence-corrected chi connectivity index (χ3v) is 4.66. The zero-order chi connectivity index (χ0) is 18.5. The Bertz CT molecular complexity index is 582. The largest absolute Gasteiger partial charge is 0.493 e. The van der Waals surface area contributed by atoms with Crippen LogP contribution < -0.4 is 10.1 Å². The molecule has 1 aromatic rings. The third-order valence-electron chi connectivity index (χ3n) is 4.66. The normalized spacial score (nSPS) is 18.0. The fourth-order valence-electron chi connectivity index (χ4n) is 2.94. The fraction of sp³-hybridized carbons (Fsp3) is 0.611. The molecule has 7 heteroatoms. The molecule has 140 valence electrons. The Balaban J connectivity index is 1.82. The number of alkyl halides is 3. The standard InChI is InChI=1S/C18H25F3N2O2/c1-14-6-3-4-7-15(14)25-13-5-8-16(24)22-17(18(19,20)21)9-11-23(2)12-10-17/h3-4,6-7H,5,8-13H2,1-2H3,(H,22,24). The Morgan fingerprint density at radius 3 is 2.52 bits per heavy atom. The van der Waals surface area contributed by atoms with Crippen LogP contribution in [-0.2, 0) is 4.79 Å². The van der Waals surface area contributed by atoms with Gasteiger partial charge < -0.3 is 15.0 Å². The van der Waals surface area contributed by atoms with Crippen molar-refractivity contribution in [1.29, 1.82) is 0 Å². The van der Waals surface area contributed by atoms with Gasteiger partial charge in [0.25, 0.3) is 0 Å². The van der Waals surface area contributed by atoms with E-state index in [1.54, 1.807) is 7.05 Å². The van der Waals surface area contributed by atoms with Crippen LogP contribution in [0.15, 0.2) is 24.3 Å². The smallest absolute Gasteiger partial charge is 0.411 e. The third kappa shape index (κ3) is 5.11. The van der Waals surface area contributed by atoms with Crippen LogP contribution in [0.25, 0.3) is 0 Å². The van der Waals surface area contributed by atoms with Crippen molar-refractivity contribution in [2.75, 3.05) is 26.7 Å². The molecule has 0 aliphatic carbocycles.